The predicted octanol–water partition coefficient (Wildman–Crippen LogP) is 2.66. The molecule has 4 nitrogen and oxygen atoms in total. The van der Waals surface area contributed by atoms with E-state index in [4.69, 9.17) is 16.7 Å². The second kappa shape index (κ2) is 7.28. The lowest BCUT2D eigenvalue weighted by atomic mass is 10.2. The Morgan fingerprint density at radius 2 is 2.17 bits per heavy atom. The molecule has 0 heterocycles. The molecule has 1 aromatic carbocycles. The molecule has 0 aromatic heterocycles. The maximum absolute atomic E-state index is 11.9. The average Bonchev–Trinajstić information content (AvgIpc) is 2.29. The molecular formula is C12H14ClNO3S. The third kappa shape index (κ3) is 4.58. The van der Waals surface area contributed by atoms with Gasteiger partial charge in [0, 0.05) is 16.5 Å². The van der Waals surface area contributed by atoms with Crippen LogP contribution in [0.4, 0.5) is 0 Å². The fourth-order valence-corrected chi connectivity index (χ4v) is 2.41. The van der Waals surface area contributed by atoms with Gasteiger partial charge in [-0.05, 0) is 24.0 Å². The van der Waals surface area contributed by atoms with E-state index >= 15 is 0 Å². The summed E-state index contributed by atoms with van der Waals surface area (Å²) in [5.74, 6) is -0.381. The van der Waals surface area contributed by atoms with Gasteiger partial charge in [0.2, 0.25) is 0 Å². The molecule has 0 aliphatic carbocycles. The van der Waals surface area contributed by atoms with Gasteiger partial charge < -0.3 is 10.4 Å². The summed E-state index contributed by atoms with van der Waals surface area (Å²) in [6.45, 7) is 2.10. The number of aliphatic carboxylic acids is 1. The van der Waals surface area contributed by atoms with E-state index in [1.54, 1.807) is 18.2 Å². The van der Waals surface area contributed by atoms with Crippen molar-refractivity contribution in [3.8, 4) is 0 Å². The number of hydrogen-bond acceptors (Lipinski definition) is 3. The van der Waals surface area contributed by atoms with Crippen LogP contribution in [0.15, 0.2) is 23.1 Å². The van der Waals surface area contributed by atoms with E-state index in [0.29, 0.717) is 10.6 Å². The lowest BCUT2D eigenvalue weighted by Gasteiger charge is -2.09. The Morgan fingerprint density at radius 1 is 1.44 bits per heavy atom. The van der Waals surface area contributed by atoms with Crippen LogP contribution in [0.25, 0.3) is 0 Å². The first kappa shape index (κ1) is 14.9. The Kier molecular flexibility index (Phi) is 6.01. The van der Waals surface area contributed by atoms with Crippen LogP contribution in [0.2, 0.25) is 5.02 Å². The molecule has 0 atom stereocenters. The molecule has 0 bridgehead atoms. The fraction of sp³-hybridized carbons (Fsp3) is 0.333. The van der Waals surface area contributed by atoms with Gasteiger partial charge in [-0.15, -0.1) is 11.8 Å². The number of thioether (sulfide) groups is 1. The fourth-order valence-electron chi connectivity index (χ4n) is 1.34. The molecule has 0 radical (unpaired) electrons. The van der Waals surface area contributed by atoms with Crippen molar-refractivity contribution in [1.82, 2.24) is 5.32 Å². The van der Waals surface area contributed by atoms with Crippen molar-refractivity contribution in [2.45, 2.75) is 18.2 Å². The zero-order valence-electron chi connectivity index (χ0n) is 9.90. The van der Waals surface area contributed by atoms with Crippen molar-refractivity contribution < 1.29 is 14.7 Å². The van der Waals surface area contributed by atoms with Crippen molar-refractivity contribution in [1.29, 1.82) is 0 Å². The highest BCUT2D eigenvalue weighted by molar-refractivity contribution is 7.99. The molecule has 18 heavy (non-hydrogen) atoms. The molecule has 6 heteroatoms. The van der Waals surface area contributed by atoms with Crippen molar-refractivity contribution in [3.05, 3.63) is 28.8 Å². The van der Waals surface area contributed by atoms with Gasteiger partial charge in [0.1, 0.15) is 0 Å². The number of rotatable bonds is 6. The van der Waals surface area contributed by atoms with E-state index < -0.39 is 5.97 Å². The summed E-state index contributed by atoms with van der Waals surface area (Å²) in [5, 5.41) is 11.6. The molecule has 0 spiro atoms. The van der Waals surface area contributed by atoms with Gasteiger partial charge >= 0.3 is 5.97 Å². The Labute approximate surface area is 115 Å². The number of nitrogens with one attached hydrogen (secondary N) is 1. The van der Waals surface area contributed by atoms with Crippen LogP contribution in [0.3, 0.4) is 0 Å². The van der Waals surface area contributed by atoms with Crippen LogP contribution in [-0.4, -0.2) is 29.3 Å². The Morgan fingerprint density at radius 3 is 2.78 bits per heavy atom. The molecule has 0 aliphatic heterocycles. The highest BCUT2D eigenvalue weighted by Crippen LogP contribution is 2.26. The molecule has 0 saturated carbocycles. The van der Waals surface area contributed by atoms with Gasteiger partial charge in [-0.3, -0.25) is 9.59 Å². The van der Waals surface area contributed by atoms with Crippen molar-refractivity contribution in [2.24, 2.45) is 0 Å². The molecule has 0 aliphatic rings. The minimum absolute atomic E-state index is 0.0877. The van der Waals surface area contributed by atoms with E-state index in [0.717, 1.165) is 10.6 Å². The lowest BCUT2D eigenvalue weighted by Crippen LogP contribution is -2.26. The summed E-state index contributed by atoms with van der Waals surface area (Å²) in [5.41, 5.74) is 0.525. The van der Waals surface area contributed by atoms with Gasteiger partial charge in [0.25, 0.3) is 5.91 Å². The van der Waals surface area contributed by atoms with E-state index in [9.17, 15) is 9.59 Å². The van der Waals surface area contributed by atoms with E-state index in [2.05, 4.69) is 5.32 Å². The lowest BCUT2D eigenvalue weighted by molar-refractivity contribution is -0.136. The zero-order valence-corrected chi connectivity index (χ0v) is 11.5. The van der Waals surface area contributed by atoms with Crippen LogP contribution in [0.5, 0.6) is 0 Å². The van der Waals surface area contributed by atoms with E-state index in [1.807, 2.05) is 6.92 Å². The Hall–Kier alpha value is -1.20. The minimum atomic E-state index is -0.936. The molecule has 2 N–H and O–H groups in total. The topological polar surface area (TPSA) is 66.4 Å². The molecule has 1 rings (SSSR count). The minimum Gasteiger partial charge on any atom is -0.481 e. The third-order valence-electron chi connectivity index (χ3n) is 2.11. The number of carboxylic acids is 1. The van der Waals surface area contributed by atoms with E-state index in [-0.39, 0.29) is 18.9 Å². The molecule has 1 aromatic rings. The monoisotopic (exact) mass is 287 g/mol. The largest absolute Gasteiger partial charge is 0.481 e. The number of carbonyl (C=O) groups excluding carboxylic acids is 1. The number of hydrogen-bond donors (Lipinski definition) is 2. The van der Waals surface area contributed by atoms with Crippen molar-refractivity contribution in [2.75, 3.05) is 12.3 Å². The smallest absolute Gasteiger partial charge is 0.305 e. The molecular weight excluding hydrogens is 274 g/mol. The summed E-state index contributed by atoms with van der Waals surface area (Å²) in [7, 11) is 0. The third-order valence-corrected chi connectivity index (χ3v) is 3.29. The first-order chi connectivity index (χ1) is 8.54. The normalized spacial score (nSPS) is 10.1. The SMILES string of the molecule is CCSc1cc(Cl)ccc1C(=O)NCCC(=O)O. The number of halogens is 1. The summed E-state index contributed by atoms with van der Waals surface area (Å²) in [6, 6.07) is 5.03. The van der Waals surface area contributed by atoms with Crippen LogP contribution >= 0.6 is 23.4 Å². The van der Waals surface area contributed by atoms with Crippen LogP contribution in [0, 0.1) is 0 Å². The van der Waals surface area contributed by atoms with Gasteiger partial charge in [-0.25, -0.2) is 0 Å². The first-order valence-electron chi connectivity index (χ1n) is 5.47. The maximum Gasteiger partial charge on any atom is 0.305 e. The number of amides is 1. The maximum atomic E-state index is 11.9. The summed E-state index contributed by atoms with van der Waals surface area (Å²) >= 11 is 7.40. The number of carboxylic acid groups (broad SMARTS) is 1. The average molecular weight is 288 g/mol. The van der Waals surface area contributed by atoms with Crippen molar-refractivity contribution >= 4 is 35.2 Å². The van der Waals surface area contributed by atoms with Gasteiger partial charge in [-0.1, -0.05) is 18.5 Å². The second-order valence-corrected chi connectivity index (χ2v) is 5.22. The highest BCUT2D eigenvalue weighted by Gasteiger charge is 2.12. The zero-order chi connectivity index (χ0) is 13.5. The predicted molar refractivity (Wildman–Crippen MR) is 72.4 cm³/mol. The molecule has 98 valence electrons. The van der Waals surface area contributed by atoms with Crippen LogP contribution in [0.1, 0.15) is 23.7 Å². The van der Waals surface area contributed by atoms with E-state index in [1.165, 1.54) is 11.8 Å². The van der Waals surface area contributed by atoms with Gasteiger partial charge in [-0.2, -0.15) is 0 Å². The highest BCUT2D eigenvalue weighted by atomic mass is 35.5. The molecule has 1 amide bonds. The second-order valence-electron chi connectivity index (χ2n) is 3.47. The number of benzene rings is 1. The summed E-state index contributed by atoms with van der Waals surface area (Å²) in [4.78, 5) is 23.0. The summed E-state index contributed by atoms with van der Waals surface area (Å²) < 4.78 is 0. The van der Waals surface area contributed by atoms with Crippen LogP contribution < -0.4 is 5.32 Å². The molecule has 0 fully saturated rings. The number of carbonyl (C=O) groups is 2. The van der Waals surface area contributed by atoms with Crippen molar-refractivity contribution in [3.63, 3.8) is 0 Å². The van der Waals surface area contributed by atoms with Gasteiger partial charge in [0.05, 0.1) is 12.0 Å². The Balaban J connectivity index is 2.74. The van der Waals surface area contributed by atoms with Crippen LogP contribution in [-0.2, 0) is 4.79 Å². The Bertz CT molecular complexity index is 451. The standard InChI is InChI=1S/C12H14ClNO3S/c1-2-18-10-7-8(13)3-4-9(10)12(17)14-6-5-11(15)16/h3-4,7H,2,5-6H2,1H3,(H,14,17)(H,15,16). The van der Waals surface area contributed by atoms with Gasteiger partial charge in [0.15, 0.2) is 0 Å². The molecule has 0 saturated heterocycles. The quantitative estimate of drug-likeness (QED) is 0.790. The molecule has 0 unspecified atom stereocenters. The summed E-state index contributed by atoms with van der Waals surface area (Å²) in [6.07, 6.45) is -0.0877. The first-order valence-corrected chi connectivity index (χ1v) is 6.83.